The molecule has 1 aromatic carbocycles. The lowest BCUT2D eigenvalue weighted by Crippen LogP contribution is -2.13. The van der Waals surface area contributed by atoms with E-state index in [1.165, 1.54) is 11.3 Å². The van der Waals surface area contributed by atoms with Crippen LogP contribution in [0.2, 0.25) is 0 Å². The normalized spacial score (nSPS) is 11.0. The first-order chi connectivity index (χ1) is 9.49. The summed E-state index contributed by atoms with van der Waals surface area (Å²) in [4.78, 5) is 16.1. The van der Waals surface area contributed by atoms with Crippen molar-refractivity contribution in [1.82, 2.24) is 4.98 Å². The summed E-state index contributed by atoms with van der Waals surface area (Å²) >= 11 is 1.38. The molecule has 0 saturated carbocycles. The standard InChI is InChI=1S/C14H19N3O2S/c1-4-19-10-6-9(16-12(18)5-8(2)3)7-11-13(10)17-14(15)20-11/h6-8H,4-5H2,1-3H3,(H2,15,17)(H,16,18). The number of carbonyl (C=O) groups excluding carboxylic acids is 1. The van der Waals surface area contributed by atoms with E-state index in [1.807, 2.05) is 26.8 Å². The zero-order chi connectivity index (χ0) is 14.7. The van der Waals surface area contributed by atoms with E-state index in [1.54, 1.807) is 6.07 Å². The van der Waals surface area contributed by atoms with Gasteiger partial charge in [0, 0.05) is 18.2 Å². The molecule has 0 fully saturated rings. The zero-order valence-corrected chi connectivity index (χ0v) is 12.7. The van der Waals surface area contributed by atoms with Gasteiger partial charge in [-0.1, -0.05) is 25.2 Å². The van der Waals surface area contributed by atoms with Crippen molar-refractivity contribution in [3.05, 3.63) is 12.1 Å². The Balaban J connectivity index is 2.31. The molecule has 2 aromatic rings. The van der Waals surface area contributed by atoms with Gasteiger partial charge in [-0.05, 0) is 18.9 Å². The van der Waals surface area contributed by atoms with Crippen LogP contribution < -0.4 is 15.8 Å². The first-order valence-corrected chi connectivity index (χ1v) is 7.44. The second kappa shape index (κ2) is 6.09. The number of hydrogen-bond acceptors (Lipinski definition) is 5. The van der Waals surface area contributed by atoms with E-state index >= 15 is 0 Å². The number of nitrogens with one attached hydrogen (secondary N) is 1. The Hall–Kier alpha value is -1.82. The molecule has 3 N–H and O–H groups in total. The molecule has 0 spiro atoms. The maximum atomic E-state index is 11.8. The number of nitrogens with two attached hydrogens (primary N) is 1. The Morgan fingerprint density at radius 3 is 2.90 bits per heavy atom. The number of ether oxygens (including phenoxy) is 1. The Bertz CT molecular complexity index is 622. The van der Waals surface area contributed by atoms with Crippen LogP contribution in [0.3, 0.4) is 0 Å². The van der Waals surface area contributed by atoms with Gasteiger partial charge in [-0.3, -0.25) is 4.79 Å². The van der Waals surface area contributed by atoms with E-state index in [4.69, 9.17) is 10.5 Å². The Morgan fingerprint density at radius 1 is 1.50 bits per heavy atom. The van der Waals surface area contributed by atoms with Gasteiger partial charge in [0.25, 0.3) is 0 Å². The molecule has 2 rings (SSSR count). The van der Waals surface area contributed by atoms with Crippen LogP contribution in [0, 0.1) is 5.92 Å². The van der Waals surface area contributed by atoms with Gasteiger partial charge in [0.1, 0.15) is 11.3 Å². The van der Waals surface area contributed by atoms with Crippen molar-refractivity contribution >= 4 is 38.3 Å². The molecule has 0 atom stereocenters. The number of nitrogens with zero attached hydrogens (tertiary/aromatic N) is 1. The number of hydrogen-bond donors (Lipinski definition) is 2. The van der Waals surface area contributed by atoms with Crippen molar-refractivity contribution in [1.29, 1.82) is 0 Å². The summed E-state index contributed by atoms with van der Waals surface area (Å²) in [5, 5.41) is 3.38. The summed E-state index contributed by atoms with van der Waals surface area (Å²) in [7, 11) is 0. The maximum absolute atomic E-state index is 11.8. The van der Waals surface area contributed by atoms with Crippen molar-refractivity contribution in [2.75, 3.05) is 17.7 Å². The first kappa shape index (κ1) is 14.6. The summed E-state index contributed by atoms with van der Waals surface area (Å²) in [5.74, 6) is 0.973. The zero-order valence-electron chi connectivity index (χ0n) is 11.9. The van der Waals surface area contributed by atoms with Gasteiger partial charge in [-0.2, -0.15) is 0 Å². The summed E-state index contributed by atoms with van der Waals surface area (Å²) in [6.45, 7) is 6.47. The van der Waals surface area contributed by atoms with E-state index in [2.05, 4.69) is 10.3 Å². The quantitative estimate of drug-likeness (QED) is 0.887. The van der Waals surface area contributed by atoms with Crippen molar-refractivity contribution in [3.8, 4) is 5.75 Å². The van der Waals surface area contributed by atoms with Crippen LogP contribution in [0.4, 0.5) is 10.8 Å². The third kappa shape index (κ3) is 3.39. The summed E-state index contributed by atoms with van der Waals surface area (Å²) < 4.78 is 6.48. The van der Waals surface area contributed by atoms with Gasteiger partial charge in [0.15, 0.2) is 5.13 Å². The fourth-order valence-corrected chi connectivity index (χ4v) is 2.73. The number of nitrogen functional groups attached to an aromatic ring is 1. The number of amides is 1. The summed E-state index contributed by atoms with van der Waals surface area (Å²) in [5.41, 5.74) is 7.20. The molecule has 6 heteroatoms. The lowest BCUT2D eigenvalue weighted by Gasteiger charge is -2.10. The molecular weight excluding hydrogens is 274 g/mol. The predicted octanol–water partition coefficient (Wildman–Crippen LogP) is 3.26. The lowest BCUT2D eigenvalue weighted by molar-refractivity contribution is -0.116. The monoisotopic (exact) mass is 293 g/mol. The first-order valence-electron chi connectivity index (χ1n) is 6.62. The minimum atomic E-state index is -0.000661. The minimum absolute atomic E-state index is 0.000661. The van der Waals surface area contributed by atoms with Crippen molar-refractivity contribution in [2.24, 2.45) is 5.92 Å². The number of benzene rings is 1. The lowest BCUT2D eigenvalue weighted by atomic mass is 10.1. The molecule has 1 heterocycles. The molecule has 0 aliphatic rings. The van der Waals surface area contributed by atoms with E-state index in [0.29, 0.717) is 29.8 Å². The topological polar surface area (TPSA) is 77.2 Å². The average molecular weight is 293 g/mol. The number of thiazole rings is 1. The average Bonchev–Trinajstić information content (AvgIpc) is 2.68. The van der Waals surface area contributed by atoms with Gasteiger partial charge in [0.2, 0.25) is 5.91 Å². The highest BCUT2D eigenvalue weighted by Gasteiger charge is 2.12. The number of rotatable bonds is 5. The second-order valence-electron chi connectivity index (χ2n) is 4.95. The predicted molar refractivity (Wildman–Crippen MR) is 83.3 cm³/mol. The summed E-state index contributed by atoms with van der Waals surface area (Å²) in [6.07, 6.45) is 0.493. The van der Waals surface area contributed by atoms with Crippen LogP contribution >= 0.6 is 11.3 Å². The maximum Gasteiger partial charge on any atom is 0.224 e. The molecule has 1 aromatic heterocycles. The highest BCUT2D eigenvalue weighted by Crippen LogP contribution is 2.34. The number of carbonyl (C=O) groups is 1. The minimum Gasteiger partial charge on any atom is -0.491 e. The van der Waals surface area contributed by atoms with Gasteiger partial charge >= 0.3 is 0 Å². The van der Waals surface area contributed by atoms with Crippen molar-refractivity contribution < 1.29 is 9.53 Å². The fraction of sp³-hybridized carbons (Fsp3) is 0.429. The van der Waals surface area contributed by atoms with E-state index in [0.717, 1.165) is 15.9 Å². The third-order valence-electron chi connectivity index (χ3n) is 2.65. The number of fused-ring (bicyclic) bond motifs is 1. The Morgan fingerprint density at radius 2 is 2.25 bits per heavy atom. The largest absolute Gasteiger partial charge is 0.491 e. The van der Waals surface area contributed by atoms with Crippen LogP contribution in [0.25, 0.3) is 10.2 Å². The van der Waals surface area contributed by atoms with Crippen LogP contribution in [-0.4, -0.2) is 17.5 Å². The Labute approximate surface area is 122 Å². The SMILES string of the molecule is CCOc1cc(NC(=O)CC(C)C)cc2sc(N)nc12. The molecule has 0 aliphatic carbocycles. The molecular formula is C14H19N3O2S. The van der Waals surface area contributed by atoms with Gasteiger partial charge in [-0.25, -0.2) is 4.98 Å². The molecule has 5 nitrogen and oxygen atoms in total. The van der Waals surface area contributed by atoms with Crippen LogP contribution in [0.15, 0.2) is 12.1 Å². The van der Waals surface area contributed by atoms with Crippen molar-refractivity contribution in [2.45, 2.75) is 27.2 Å². The molecule has 0 unspecified atom stereocenters. The van der Waals surface area contributed by atoms with Crippen molar-refractivity contribution in [3.63, 3.8) is 0 Å². The number of aromatic nitrogens is 1. The number of anilines is 2. The molecule has 108 valence electrons. The third-order valence-corrected chi connectivity index (χ3v) is 3.49. The molecule has 0 aliphatic heterocycles. The van der Waals surface area contributed by atoms with E-state index in [-0.39, 0.29) is 5.91 Å². The highest BCUT2D eigenvalue weighted by atomic mass is 32.1. The van der Waals surface area contributed by atoms with Crippen LogP contribution in [0.5, 0.6) is 5.75 Å². The fourth-order valence-electron chi connectivity index (χ4n) is 1.94. The van der Waals surface area contributed by atoms with E-state index < -0.39 is 0 Å². The highest BCUT2D eigenvalue weighted by molar-refractivity contribution is 7.22. The molecule has 20 heavy (non-hydrogen) atoms. The molecule has 0 saturated heterocycles. The molecule has 0 bridgehead atoms. The second-order valence-corrected chi connectivity index (χ2v) is 6.01. The smallest absolute Gasteiger partial charge is 0.224 e. The Kier molecular flexibility index (Phi) is 4.44. The van der Waals surface area contributed by atoms with Gasteiger partial charge < -0.3 is 15.8 Å². The summed E-state index contributed by atoms with van der Waals surface area (Å²) in [6, 6.07) is 3.67. The van der Waals surface area contributed by atoms with Gasteiger partial charge in [0.05, 0.1) is 11.3 Å². The van der Waals surface area contributed by atoms with E-state index in [9.17, 15) is 4.79 Å². The van der Waals surface area contributed by atoms with Crippen LogP contribution in [0.1, 0.15) is 27.2 Å². The molecule has 0 radical (unpaired) electrons. The molecule has 1 amide bonds. The van der Waals surface area contributed by atoms with Crippen LogP contribution in [-0.2, 0) is 4.79 Å². The van der Waals surface area contributed by atoms with Gasteiger partial charge in [-0.15, -0.1) is 0 Å².